The predicted octanol–water partition coefficient (Wildman–Crippen LogP) is 2.38. The number of rotatable bonds is 4. The standard InChI is InChI=1S/C15H19F3N2O3S/c1-2-19-14(21)13-5-3-4-10-20(13)24(22,23)12-8-6-11(7-9-12)15(16,17)18/h6-9,13H,2-5,10H2,1H3,(H,19,21). The van der Waals surface area contributed by atoms with Crippen LogP contribution in [-0.4, -0.2) is 37.8 Å². The maximum absolute atomic E-state index is 12.7. The van der Waals surface area contributed by atoms with Crippen LogP contribution in [-0.2, 0) is 21.0 Å². The van der Waals surface area contributed by atoms with Crippen LogP contribution in [0.2, 0.25) is 0 Å². The lowest BCUT2D eigenvalue weighted by Gasteiger charge is -2.33. The number of carbonyl (C=O) groups excluding carboxylic acids is 1. The molecule has 0 aromatic heterocycles. The Kier molecular flexibility index (Phi) is 5.54. The molecule has 1 aliphatic heterocycles. The molecule has 1 saturated heterocycles. The van der Waals surface area contributed by atoms with E-state index < -0.39 is 27.8 Å². The number of amides is 1. The molecule has 1 atom stereocenters. The van der Waals surface area contributed by atoms with E-state index >= 15 is 0 Å². The number of hydrogen-bond donors (Lipinski definition) is 1. The molecule has 1 fully saturated rings. The molecule has 2 rings (SSSR count). The van der Waals surface area contributed by atoms with Crippen molar-refractivity contribution in [3.05, 3.63) is 29.8 Å². The van der Waals surface area contributed by atoms with E-state index in [0.717, 1.165) is 35.0 Å². The molecule has 0 radical (unpaired) electrons. The Hall–Kier alpha value is -1.61. The number of piperidine rings is 1. The molecule has 1 aliphatic rings. The summed E-state index contributed by atoms with van der Waals surface area (Å²) < 4.78 is 64.4. The van der Waals surface area contributed by atoms with E-state index in [1.807, 2.05) is 0 Å². The first-order valence-corrected chi connectivity index (χ1v) is 9.08. The Labute approximate surface area is 138 Å². The lowest BCUT2D eigenvalue weighted by molar-refractivity contribution is -0.137. The van der Waals surface area contributed by atoms with Crippen molar-refractivity contribution >= 4 is 15.9 Å². The van der Waals surface area contributed by atoms with Gasteiger partial charge in [-0.05, 0) is 44.0 Å². The largest absolute Gasteiger partial charge is 0.416 e. The second-order valence-corrected chi connectivity index (χ2v) is 7.43. The van der Waals surface area contributed by atoms with Crippen LogP contribution in [0.4, 0.5) is 13.2 Å². The average Bonchev–Trinajstić information content (AvgIpc) is 2.54. The molecule has 9 heteroatoms. The van der Waals surface area contributed by atoms with Gasteiger partial charge in [0.2, 0.25) is 15.9 Å². The highest BCUT2D eigenvalue weighted by Gasteiger charge is 2.38. The minimum atomic E-state index is -4.53. The number of nitrogens with one attached hydrogen (secondary N) is 1. The van der Waals surface area contributed by atoms with Crippen molar-refractivity contribution in [2.75, 3.05) is 13.1 Å². The van der Waals surface area contributed by atoms with Gasteiger partial charge in [-0.2, -0.15) is 17.5 Å². The van der Waals surface area contributed by atoms with Crippen molar-refractivity contribution in [1.82, 2.24) is 9.62 Å². The van der Waals surface area contributed by atoms with Gasteiger partial charge in [0.05, 0.1) is 10.5 Å². The maximum atomic E-state index is 12.7. The van der Waals surface area contributed by atoms with E-state index in [1.165, 1.54) is 0 Å². The van der Waals surface area contributed by atoms with Crippen molar-refractivity contribution in [2.45, 2.75) is 43.3 Å². The van der Waals surface area contributed by atoms with Crippen LogP contribution in [0.1, 0.15) is 31.7 Å². The minimum absolute atomic E-state index is 0.172. The zero-order valence-electron chi connectivity index (χ0n) is 13.1. The maximum Gasteiger partial charge on any atom is 0.416 e. The zero-order valence-corrected chi connectivity index (χ0v) is 14.0. The van der Waals surface area contributed by atoms with Crippen molar-refractivity contribution in [3.8, 4) is 0 Å². The summed E-state index contributed by atoms with van der Waals surface area (Å²) in [5, 5.41) is 2.60. The second kappa shape index (κ2) is 7.10. The molecule has 1 aromatic rings. The summed E-state index contributed by atoms with van der Waals surface area (Å²) in [5.74, 6) is -0.382. The fourth-order valence-corrected chi connectivity index (χ4v) is 4.35. The molecular formula is C15H19F3N2O3S. The number of benzene rings is 1. The monoisotopic (exact) mass is 364 g/mol. The molecule has 24 heavy (non-hydrogen) atoms. The second-order valence-electron chi connectivity index (χ2n) is 5.54. The van der Waals surface area contributed by atoms with Crippen LogP contribution >= 0.6 is 0 Å². The molecule has 1 unspecified atom stereocenters. The van der Waals surface area contributed by atoms with Gasteiger partial charge in [-0.15, -0.1) is 0 Å². The Morgan fingerprint density at radius 3 is 2.42 bits per heavy atom. The van der Waals surface area contributed by atoms with Gasteiger partial charge >= 0.3 is 6.18 Å². The first-order valence-electron chi connectivity index (χ1n) is 7.64. The molecule has 0 saturated carbocycles. The van der Waals surface area contributed by atoms with Crippen LogP contribution in [0.5, 0.6) is 0 Å². The number of alkyl halides is 3. The summed E-state index contributed by atoms with van der Waals surface area (Å²) in [6.07, 6.45) is -2.81. The normalized spacial score (nSPS) is 19.9. The first-order chi connectivity index (χ1) is 11.2. The van der Waals surface area contributed by atoms with Crippen LogP contribution in [0.3, 0.4) is 0 Å². The van der Waals surface area contributed by atoms with E-state index in [1.54, 1.807) is 6.92 Å². The van der Waals surface area contributed by atoms with E-state index in [-0.39, 0.29) is 17.3 Å². The van der Waals surface area contributed by atoms with Crippen molar-refractivity contribution in [3.63, 3.8) is 0 Å². The SMILES string of the molecule is CCNC(=O)C1CCCCN1S(=O)(=O)c1ccc(C(F)(F)F)cc1. The van der Waals surface area contributed by atoms with E-state index in [9.17, 15) is 26.4 Å². The summed E-state index contributed by atoms with van der Waals surface area (Å²) in [6, 6.07) is 2.50. The topological polar surface area (TPSA) is 66.5 Å². The van der Waals surface area contributed by atoms with Gasteiger partial charge in [0.25, 0.3) is 0 Å². The van der Waals surface area contributed by atoms with Crippen LogP contribution in [0.25, 0.3) is 0 Å². The van der Waals surface area contributed by atoms with E-state index in [2.05, 4.69) is 5.32 Å². The summed E-state index contributed by atoms with van der Waals surface area (Å²) in [5.41, 5.74) is -0.916. The third kappa shape index (κ3) is 3.89. The fraction of sp³-hybridized carbons (Fsp3) is 0.533. The summed E-state index contributed by atoms with van der Waals surface area (Å²) in [7, 11) is -4.03. The number of sulfonamides is 1. The molecular weight excluding hydrogens is 345 g/mol. The highest BCUT2D eigenvalue weighted by atomic mass is 32.2. The fourth-order valence-electron chi connectivity index (χ4n) is 2.70. The van der Waals surface area contributed by atoms with Gasteiger partial charge in [0, 0.05) is 13.1 Å². The number of carbonyl (C=O) groups is 1. The van der Waals surface area contributed by atoms with Crippen molar-refractivity contribution < 1.29 is 26.4 Å². The first kappa shape index (κ1) is 18.7. The van der Waals surface area contributed by atoms with Gasteiger partial charge in [-0.1, -0.05) is 6.42 Å². The Morgan fingerprint density at radius 1 is 1.25 bits per heavy atom. The zero-order chi connectivity index (χ0) is 18.0. The molecule has 0 spiro atoms. The van der Waals surface area contributed by atoms with Gasteiger partial charge in [-0.25, -0.2) is 8.42 Å². The Bertz CT molecular complexity index is 687. The van der Waals surface area contributed by atoms with Crippen LogP contribution in [0, 0.1) is 0 Å². The summed E-state index contributed by atoms with van der Waals surface area (Å²) >= 11 is 0. The molecule has 1 N–H and O–H groups in total. The summed E-state index contributed by atoms with van der Waals surface area (Å²) in [4.78, 5) is 11.9. The average molecular weight is 364 g/mol. The molecule has 5 nitrogen and oxygen atoms in total. The van der Waals surface area contributed by atoms with Gasteiger partial charge < -0.3 is 5.32 Å². The summed E-state index contributed by atoms with van der Waals surface area (Å²) in [6.45, 7) is 2.28. The molecule has 1 aromatic carbocycles. The molecule has 1 heterocycles. The van der Waals surface area contributed by atoms with Crippen LogP contribution in [0.15, 0.2) is 29.2 Å². The highest BCUT2D eigenvalue weighted by Crippen LogP contribution is 2.31. The lowest BCUT2D eigenvalue weighted by atomic mass is 10.0. The predicted molar refractivity (Wildman–Crippen MR) is 81.7 cm³/mol. The molecule has 1 amide bonds. The van der Waals surface area contributed by atoms with Gasteiger partial charge in [-0.3, -0.25) is 4.79 Å². The number of nitrogens with zero attached hydrogens (tertiary/aromatic N) is 1. The number of likely N-dealkylation sites (N-methyl/N-ethyl adjacent to an activating group) is 1. The van der Waals surface area contributed by atoms with E-state index in [0.29, 0.717) is 19.4 Å². The van der Waals surface area contributed by atoms with Crippen LogP contribution < -0.4 is 5.32 Å². The Morgan fingerprint density at radius 2 is 1.88 bits per heavy atom. The Balaban J connectivity index is 2.31. The molecule has 0 bridgehead atoms. The smallest absolute Gasteiger partial charge is 0.355 e. The van der Waals surface area contributed by atoms with Crippen molar-refractivity contribution in [2.24, 2.45) is 0 Å². The van der Waals surface area contributed by atoms with E-state index in [4.69, 9.17) is 0 Å². The third-order valence-corrected chi connectivity index (χ3v) is 5.82. The number of halogens is 3. The van der Waals surface area contributed by atoms with Gasteiger partial charge in [0.1, 0.15) is 6.04 Å². The molecule has 0 aliphatic carbocycles. The minimum Gasteiger partial charge on any atom is -0.355 e. The number of hydrogen-bond acceptors (Lipinski definition) is 3. The highest BCUT2D eigenvalue weighted by molar-refractivity contribution is 7.89. The molecule has 134 valence electrons. The third-order valence-electron chi connectivity index (χ3n) is 3.90. The van der Waals surface area contributed by atoms with Crippen molar-refractivity contribution in [1.29, 1.82) is 0 Å². The van der Waals surface area contributed by atoms with Gasteiger partial charge in [0.15, 0.2) is 0 Å². The quantitative estimate of drug-likeness (QED) is 0.892. The lowest BCUT2D eigenvalue weighted by Crippen LogP contribution is -2.51.